The van der Waals surface area contributed by atoms with E-state index in [9.17, 15) is 0 Å². The Balaban J connectivity index is 0.996. The van der Waals surface area contributed by atoms with Crippen LogP contribution in [0.1, 0.15) is 55.6 Å². The first-order chi connectivity index (χ1) is 39.0. The van der Waals surface area contributed by atoms with Crippen molar-refractivity contribution < 1.29 is 0 Å². The van der Waals surface area contributed by atoms with Crippen LogP contribution in [0, 0.1) is 13.8 Å². The van der Waals surface area contributed by atoms with Crippen LogP contribution in [-0.2, 0) is 10.8 Å². The van der Waals surface area contributed by atoms with E-state index in [0.29, 0.717) is 0 Å². The molecule has 2 heterocycles. The molecule has 3 heteroatoms. The Kier molecular flexibility index (Phi) is 11.9. The van der Waals surface area contributed by atoms with Crippen molar-refractivity contribution in [1.29, 1.82) is 0 Å². The summed E-state index contributed by atoms with van der Waals surface area (Å²) in [5.41, 5.74) is 24.3. The SMILES string of the molecule is Cc1ccc2c(c1)B1c3cc(C)ccc3N(c3ccc(C(c4ccccc4)(c4ccccc4)c4ccccc4)cc3)c3cc(-c4ccccc4)cc(c31)N2c1ccc(C(c2ccccc2)(c2ccccc2)c2ccccc2)cc1. The number of hydrogen-bond acceptors (Lipinski definition) is 2. The van der Waals surface area contributed by atoms with E-state index in [4.69, 9.17) is 0 Å². The third-order valence-corrected chi connectivity index (χ3v) is 16.8. The summed E-state index contributed by atoms with van der Waals surface area (Å²) in [5.74, 6) is 0. The maximum Gasteiger partial charge on any atom is 0.252 e. The summed E-state index contributed by atoms with van der Waals surface area (Å²) in [6, 6.07) is 115. The summed E-state index contributed by atoms with van der Waals surface area (Å²) in [6.07, 6.45) is 0. The molecule has 12 aromatic carbocycles. The van der Waals surface area contributed by atoms with Crippen LogP contribution in [0.5, 0.6) is 0 Å². The van der Waals surface area contributed by atoms with Crippen LogP contribution in [0.2, 0.25) is 0 Å². The van der Waals surface area contributed by atoms with Crippen molar-refractivity contribution in [1.82, 2.24) is 0 Å². The second-order valence-corrected chi connectivity index (χ2v) is 21.3. The van der Waals surface area contributed by atoms with Crippen LogP contribution >= 0.6 is 0 Å². The molecule has 2 aliphatic heterocycles. The van der Waals surface area contributed by atoms with Crippen LogP contribution in [0.25, 0.3) is 11.1 Å². The van der Waals surface area contributed by atoms with Gasteiger partial charge in [-0.25, -0.2) is 0 Å². The molecule has 374 valence electrons. The highest BCUT2D eigenvalue weighted by Gasteiger charge is 2.45. The van der Waals surface area contributed by atoms with Crippen molar-refractivity contribution in [2.75, 3.05) is 9.80 Å². The summed E-state index contributed by atoms with van der Waals surface area (Å²) in [4.78, 5) is 5.09. The molecule has 0 N–H and O–H groups in total. The molecule has 0 atom stereocenters. The molecule has 0 radical (unpaired) electrons. The lowest BCUT2D eigenvalue weighted by Crippen LogP contribution is -2.61. The van der Waals surface area contributed by atoms with Crippen LogP contribution in [0.4, 0.5) is 34.1 Å². The summed E-state index contributed by atoms with van der Waals surface area (Å²) in [5, 5.41) is 0. The highest BCUT2D eigenvalue weighted by molar-refractivity contribution is 7.00. The molecular weight excluding hydrogens is 952 g/mol. The fraction of sp³-hybridized carbons (Fsp3) is 0.0526. The molecule has 0 spiro atoms. The molecule has 2 nitrogen and oxygen atoms in total. The Morgan fingerprint density at radius 1 is 0.253 bits per heavy atom. The Bertz CT molecular complexity index is 3670. The van der Waals surface area contributed by atoms with E-state index >= 15 is 0 Å². The maximum atomic E-state index is 2.55. The standard InChI is InChI=1S/C76H57BN2/c1-54-38-48-70-68(50-54)77-69-51-55(2)39-49-71(69)79(67-46-42-65(43-47-67)76(61-32-18-7-19-33-61,62-34-20-8-21-35-62)63-36-22-9-23-37-63)73-53-57(56-24-10-3-11-25-56)52-72(74(73)77)78(70)66-44-40-64(41-45-66)75(58-26-12-4-13-27-58,59-28-14-5-15-29-59)60-30-16-6-17-31-60/h3-53H,1-2H3. The topological polar surface area (TPSA) is 6.48 Å². The molecule has 0 unspecified atom stereocenters. The molecule has 0 amide bonds. The van der Waals surface area contributed by atoms with E-state index in [-0.39, 0.29) is 6.71 Å². The van der Waals surface area contributed by atoms with Gasteiger partial charge in [0.2, 0.25) is 0 Å². The lowest BCUT2D eigenvalue weighted by atomic mass is 9.33. The predicted molar refractivity (Wildman–Crippen MR) is 332 cm³/mol. The molecule has 0 aliphatic carbocycles. The summed E-state index contributed by atoms with van der Waals surface area (Å²) in [7, 11) is 0. The van der Waals surface area contributed by atoms with Gasteiger partial charge in [0, 0.05) is 34.1 Å². The molecule has 0 fully saturated rings. The van der Waals surface area contributed by atoms with Crippen LogP contribution in [0.3, 0.4) is 0 Å². The van der Waals surface area contributed by atoms with E-state index in [2.05, 4.69) is 333 Å². The zero-order valence-corrected chi connectivity index (χ0v) is 44.4. The lowest BCUT2D eigenvalue weighted by molar-refractivity contribution is 0.745. The van der Waals surface area contributed by atoms with Gasteiger partial charge in [-0.3, -0.25) is 0 Å². The fourth-order valence-corrected chi connectivity index (χ4v) is 13.4. The first-order valence-electron chi connectivity index (χ1n) is 27.6. The maximum absolute atomic E-state index is 2.55. The first-order valence-corrected chi connectivity index (χ1v) is 27.6. The molecule has 0 bridgehead atoms. The van der Waals surface area contributed by atoms with Gasteiger partial charge >= 0.3 is 0 Å². The van der Waals surface area contributed by atoms with Gasteiger partial charge in [-0.2, -0.15) is 0 Å². The fourth-order valence-electron chi connectivity index (χ4n) is 13.4. The molecule has 79 heavy (non-hydrogen) atoms. The number of aryl methyl sites for hydroxylation is 2. The van der Waals surface area contributed by atoms with Crippen LogP contribution in [-0.4, -0.2) is 6.71 Å². The Hall–Kier alpha value is -9.70. The van der Waals surface area contributed by atoms with Crippen molar-refractivity contribution in [3.8, 4) is 11.1 Å². The average Bonchev–Trinajstić information content (AvgIpc) is 3.63. The number of hydrogen-bond donors (Lipinski definition) is 0. The number of fused-ring (bicyclic) bond motifs is 4. The quantitative estimate of drug-likeness (QED) is 0.0941. The Morgan fingerprint density at radius 2 is 0.532 bits per heavy atom. The van der Waals surface area contributed by atoms with Crippen molar-refractivity contribution >= 4 is 57.2 Å². The van der Waals surface area contributed by atoms with Gasteiger partial charge in [0.1, 0.15) is 0 Å². The molecule has 14 rings (SSSR count). The minimum Gasteiger partial charge on any atom is -0.311 e. The summed E-state index contributed by atoms with van der Waals surface area (Å²) >= 11 is 0. The average molecular weight is 1010 g/mol. The normalized spacial score (nSPS) is 12.6. The van der Waals surface area contributed by atoms with Crippen LogP contribution in [0.15, 0.2) is 309 Å². The van der Waals surface area contributed by atoms with Gasteiger partial charge in [0.15, 0.2) is 0 Å². The van der Waals surface area contributed by atoms with Crippen LogP contribution < -0.4 is 26.2 Å². The van der Waals surface area contributed by atoms with E-state index in [1.165, 1.54) is 100 Å². The molecule has 2 aliphatic rings. The minimum atomic E-state index is -0.572. The van der Waals surface area contributed by atoms with Crippen molar-refractivity contribution in [3.05, 3.63) is 365 Å². The van der Waals surface area contributed by atoms with Gasteiger partial charge < -0.3 is 9.80 Å². The smallest absolute Gasteiger partial charge is 0.252 e. The highest BCUT2D eigenvalue weighted by atomic mass is 15.2. The zero-order chi connectivity index (χ0) is 52.9. The number of anilines is 6. The molecule has 0 aromatic heterocycles. The van der Waals surface area contributed by atoms with Gasteiger partial charge in [0.05, 0.1) is 10.8 Å². The van der Waals surface area contributed by atoms with Gasteiger partial charge in [-0.05, 0) is 134 Å². The minimum absolute atomic E-state index is 0.0190. The second-order valence-electron chi connectivity index (χ2n) is 21.3. The Morgan fingerprint density at radius 3 is 0.835 bits per heavy atom. The van der Waals surface area contributed by atoms with E-state index in [1.54, 1.807) is 0 Å². The lowest BCUT2D eigenvalue weighted by Gasteiger charge is -2.45. The zero-order valence-electron chi connectivity index (χ0n) is 44.4. The first kappa shape index (κ1) is 47.7. The van der Waals surface area contributed by atoms with Gasteiger partial charge in [0.25, 0.3) is 6.71 Å². The molecular formula is C76H57BN2. The number of nitrogens with zero attached hydrogens (tertiary/aromatic N) is 2. The molecule has 0 saturated carbocycles. The third kappa shape index (κ3) is 7.79. The van der Waals surface area contributed by atoms with E-state index in [0.717, 1.165) is 16.9 Å². The van der Waals surface area contributed by atoms with Gasteiger partial charge in [-0.1, -0.05) is 272 Å². The third-order valence-electron chi connectivity index (χ3n) is 16.8. The highest BCUT2D eigenvalue weighted by Crippen LogP contribution is 2.51. The monoisotopic (exact) mass is 1010 g/mol. The summed E-state index contributed by atoms with van der Waals surface area (Å²) < 4.78 is 0. The largest absolute Gasteiger partial charge is 0.311 e. The number of benzene rings is 12. The second kappa shape index (κ2) is 19.7. The Labute approximate surface area is 465 Å². The van der Waals surface area contributed by atoms with E-state index in [1.807, 2.05) is 0 Å². The summed E-state index contributed by atoms with van der Waals surface area (Å²) in [6.45, 7) is 4.45. The van der Waals surface area contributed by atoms with Crippen molar-refractivity contribution in [2.45, 2.75) is 24.7 Å². The predicted octanol–water partition coefficient (Wildman–Crippen LogP) is 16.8. The number of rotatable bonds is 11. The van der Waals surface area contributed by atoms with Crippen molar-refractivity contribution in [3.63, 3.8) is 0 Å². The molecule has 12 aromatic rings. The van der Waals surface area contributed by atoms with E-state index < -0.39 is 10.8 Å². The van der Waals surface area contributed by atoms with Gasteiger partial charge in [-0.15, -0.1) is 0 Å². The van der Waals surface area contributed by atoms with Crippen molar-refractivity contribution in [2.24, 2.45) is 0 Å². The molecule has 0 saturated heterocycles.